The van der Waals surface area contributed by atoms with Crippen molar-refractivity contribution in [3.63, 3.8) is 0 Å². The topological polar surface area (TPSA) is 60.5 Å². The number of carbonyl (C=O) groups is 1. The third kappa shape index (κ3) is 4.72. The molecule has 0 radical (unpaired) electrons. The van der Waals surface area contributed by atoms with Gasteiger partial charge in [0.1, 0.15) is 13.3 Å². The predicted molar refractivity (Wildman–Crippen MR) is 84.0 cm³/mol. The van der Waals surface area contributed by atoms with Gasteiger partial charge < -0.3 is 14.8 Å². The molecule has 6 heteroatoms. The first-order chi connectivity index (χ1) is 10.7. The molecule has 0 fully saturated rings. The van der Waals surface area contributed by atoms with Crippen LogP contribution in [0.2, 0.25) is 5.02 Å². The van der Waals surface area contributed by atoms with Crippen LogP contribution in [0.5, 0.6) is 5.75 Å². The summed E-state index contributed by atoms with van der Waals surface area (Å²) in [4.78, 5) is 16.1. The fraction of sp³-hybridized carbons (Fsp3) is 0.250. The largest absolute Gasteiger partial charge is 0.486 e. The molecule has 0 saturated carbocycles. The van der Waals surface area contributed by atoms with E-state index in [9.17, 15) is 4.79 Å². The molecule has 0 aliphatic carbocycles. The first kappa shape index (κ1) is 16.3. The molecule has 0 atom stereocenters. The lowest BCUT2D eigenvalue weighted by atomic mass is 10.2. The average Bonchev–Trinajstić information content (AvgIpc) is 2.55. The number of ether oxygens (including phenoxy) is 2. The summed E-state index contributed by atoms with van der Waals surface area (Å²) in [5.41, 5.74) is 1.19. The van der Waals surface area contributed by atoms with Crippen molar-refractivity contribution < 1.29 is 14.3 Å². The lowest BCUT2D eigenvalue weighted by molar-refractivity contribution is 0.0808. The molecule has 0 aliphatic rings. The van der Waals surface area contributed by atoms with E-state index in [1.54, 1.807) is 30.5 Å². The summed E-state index contributed by atoms with van der Waals surface area (Å²) in [5.74, 6) is 0.0894. The Labute approximate surface area is 134 Å². The normalized spacial score (nSPS) is 10.3. The monoisotopic (exact) mass is 320 g/mol. The van der Waals surface area contributed by atoms with E-state index in [1.807, 2.05) is 19.1 Å². The van der Waals surface area contributed by atoms with E-state index >= 15 is 0 Å². The van der Waals surface area contributed by atoms with Gasteiger partial charge in [-0.25, -0.2) is 4.98 Å². The van der Waals surface area contributed by atoms with E-state index in [0.717, 1.165) is 5.56 Å². The zero-order valence-corrected chi connectivity index (χ0v) is 13.0. The second-order valence-electron chi connectivity index (χ2n) is 4.41. The van der Waals surface area contributed by atoms with Gasteiger partial charge in [-0.3, -0.25) is 4.79 Å². The van der Waals surface area contributed by atoms with Gasteiger partial charge in [0.05, 0.1) is 0 Å². The van der Waals surface area contributed by atoms with Crippen LogP contribution >= 0.6 is 11.6 Å². The lowest BCUT2D eigenvalue weighted by Gasteiger charge is -2.11. The molecule has 1 aromatic carbocycles. The number of carbonyl (C=O) groups excluding carboxylic acids is 1. The Kier molecular flexibility index (Phi) is 6.18. The van der Waals surface area contributed by atoms with Gasteiger partial charge in [0.25, 0.3) is 5.91 Å². The number of amides is 1. The minimum Gasteiger partial charge on any atom is -0.486 e. The maximum absolute atomic E-state index is 12.0. The highest BCUT2D eigenvalue weighted by atomic mass is 35.5. The van der Waals surface area contributed by atoms with Crippen LogP contribution in [0.1, 0.15) is 23.0 Å². The Morgan fingerprint density at radius 2 is 2.05 bits per heavy atom. The fourth-order valence-corrected chi connectivity index (χ4v) is 1.85. The second kappa shape index (κ2) is 8.36. The number of pyridine rings is 1. The molecule has 0 unspecified atom stereocenters. The first-order valence-corrected chi connectivity index (χ1v) is 7.26. The van der Waals surface area contributed by atoms with Crippen LogP contribution in [0, 0.1) is 0 Å². The summed E-state index contributed by atoms with van der Waals surface area (Å²) in [6, 6.07) is 10.7. The summed E-state index contributed by atoms with van der Waals surface area (Å²) in [6.45, 7) is 2.85. The van der Waals surface area contributed by atoms with Crippen molar-refractivity contribution in [2.45, 2.75) is 13.5 Å². The molecule has 0 aliphatic heterocycles. The quantitative estimate of drug-likeness (QED) is 0.629. The molecule has 2 aromatic rings. The number of aromatic nitrogens is 1. The molecule has 1 amide bonds. The molecule has 0 bridgehead atoms. The van der Waals surface area contributed by atoms with Crippen molar-refractivity contribution in [3.8, 4) is 5.75 Å². The predicted octanol–water partition coefficient (Wildman–Crippen LogP) is 3.04. The van der Waals surface area contributed by atoms with Gasteiger partial charge in [-0.2, -0.15) is 0 Å². The van der Waals surface area contributed by atoms with E-state index < -0.39 is 0 Å². The summed E-state index contributed by atoms with van der Waals surface area (Å²) in [7, 11) is 0. The van der Waals surface area contributed by atoms with E-state index in [4.69, 9.17) is 21.1 Å². The third-order valence-electron chi connectivity index (χ3n) is 2.83. The van der Waals surface area contributed by atoms with Gasteiger partial charge in [-0.15, -0.1) is 0 Å². The Morgan fingerprint density at radius 1 is 1.27 bits per heavy atom. The molecule has 1 aromatic heterocycles. The Bertz CT molecular complexity index is 617. The smallest absolute Gasteiger partial charge is 0.275 e. The van der Waals surface area contributed by atoms with Crippen LogP contribution in [0.4, 0.5) is 0 Å². The average molecular weight is 321 g/mol. The number of halogens is 1. The standard InChI is InChI=1S/C16H17ClN2O3/c1-2-21-11-19-16(20)15-14(4-3-9-18-15)22-10-12-5-7-13(17)8-6-12/h3-9H,2,10-11H2,1H3,(H,19,20). The van der Waals surface area contributed by atoms with Crippen molar-refractivity contribution in [2.75, 3.05) is 13.3 Å². The Hall–Kier alpha value is -2.11. The number of nitrogens with one attached hydrogen (secondary N) is 1. The van der Waals surface area contributed by atoms with E-state index in [1.165, 1.54) is 0 Å². The maximum Gasteiger partial charge on any atom is 0.275 e. The summed E-state index contributed by atoms with van der Waals surface area (Å²) in [6.07, 6.45) is 1.55. The van der Waals surface area contributed by atoms with E-state index in [2.05, 4.69) is 10.3 Å². The molecular weight excluding hydrogens is 304 g/mol. The number of rotatable bonds is 7. The molecule has 0 spiro atoms. The molecule has 116 valence electrons. The molecule has 2 rings (SSSR count). The maximum atomic E-state index is 12.0. The first-order valence-electron chi connectivity index (χ1n) is 6.89. The van der Waals surface area contributed by atoms with E-state index in [-0.39, 0.29) is 18.3 Å². The molecule has 0 saturated heterocycles. The molecule has 5 nitrogen and oxygen atoms in total. The molecular formula is C16H17ClN2O3. The van der Waals surface area contributed by atoms with Crippen LogP contribution < -0.4 is 10.1 Å². The minimum absolute atomic E-state index is 0.141. The van der Waals surface area contributed by atoms with Crippen molar-refractivity contribution in [1.29, 1.82) is 0 Å². The molecule has 22 heavy (non-hydrogen) atoms. The van der Waals surface area contributed by atoms with Gasteiger partial charge >= 0.3 is 0 Å². The number of hydrogen-bond acceptors (Lipinski definition) is 4. The summed E-state index contributed by atoms with van der Waals surface area (Å²) < 4.78 is 10.8. The van der Waals surface area contributed by atoms with Gasteiger partial charge in [-0.05, 0) is 36.8 Å². The van der Waals surface area contributed by atoms with Crippen molar-refractivity contribution in [2.24, 2.45) is 0 Å². The highest BCUT2D eigenvalue weighted by Crippen LogP contribution is 2.18. The van der Waals surface area contributed by atoms with Gasteiger partial charge in [0.2, 0.25) is 0 Å². The Morgan fingerprint density at radius 3 is 2.77 bits per heavy atom. The molecule has 1 heterocycles. The molecule has 1 N–H and O–H groups in total. The number of nitrogens with zero attached hydrogens (tertiary/aromatic N) is 1. The lowest BCUT2D eigenvalue weighted by Crippen LogP contribution is -2.27. The van der Waals surface area contributed by atoms with Crippen LogP contribution in [-0.2, 0) is 11.3 Å². The second-order valence-corrected chi connectivity index (χ2v) is 4.84. The van der Waals surface area contributed by atoms with Crippen LogP contribution in [0.15, 0.2) is 42.6 Å². The minimum atomic E-state index is -0.333. The highest BCUT2D eigenvalue weighted by Gasteiger charge is 2.13. The SMILES string of the molecule is CCOCNC(=O)c1ncccc1OCc1ccc(Cl)cc1. The van der Waals surface area contributed by atoms with Gasteiger partial charge in [0, 0.05) is 17.8 Å². The van der Waals surface area contributed by atoms with Crippen LogP contribution in [0.25, 0.3) is 0 Å². The van der Waals surface area contributed by atoms with Crippen molar-refractivity contribution >= 4 is 17.5 Å². The van der Waals surface area contributed by atoms with Gasteiger partial charge in [-0.1, -0.05) is 23.7 Å². The zero-order valence-electron chi connectivity index (χ0n) is 12.2. The van der Waals surface area contributed by atoms with Gasteiger partial charge in [0.15, 0.2) is 11.4 Å². The summed E-state index contributed by atoms with van der Waals surface area (Å²) >= 11 is 5.84. The highest BCUT2D eigenvalue weighted by molar-refractivity contribution is 6.30. The number of benzene rings is 1. The Balaban J connectivity index is 2.01. The third-order valence-corrected chi connectivity index (χ3v) is 3.08. The van der Waals surface area contributed by atoms with Crippen molar-refractivity contribution in [1.82, 2.24) is 10.3 Å². The van der Waals surface area contributed by atoms with Crippen LogP contribution in [-0.4, -0.2) is 24.2 Å². The van der Waals surface area contributed by atoms with Crippen LogP contribution in [0.3, 0.4) is 0 Å². The summed E-state index contributed by atoms with van der Waals surface area (Å²) in [5, 5.41) is 3.29. The van der Waals surface area contributed by atoms with E-state index in [0.29, 0.717) is 24.0 Å². The van der Waals surface area contributed by atoms with Crippen molar-refractivity contribution in [3.05, 3.63) is 58.9 Å². The fourth-order valence-electron chi connectivity index (χ4n) is 1.72. The number of hydrogen-bond donors (Lipinski definition) is 1. The zero-order chi connectivity index (χ0) is 15.8.